The van der Waals surface area contributed by atoms with Crippen molar-refractivity contribution >= 4 is 0 Å². The molecule has 3 aliphatic carbocycles. The molecule has 1 heterocycles. The van der Waals surface area contributed by atoms with Gasteiger partial charge < -0.3 is 0 Å². The molecule has 1 atom stereocenters. The molecule has 3 fully saturated rings. The normalized spacial score (nSPS) is 26.9. The largest absolute Gasteiger partial charge is 0.213 e. The molecule has 1 heteroatoms. The molecule has 28 heavy (non-hydrogen) atoms. The summed E-state index contributed by atoms with van der Waals surface area (Å²) in [6.45, 7) is 2.17. The van der Waals surface area contributed by atoms with Crippen molar-refractivity contribution in [1.29, 1.82) is 0 Å². The van der Waals surface area contributed by atoms with Gasteiger partial charge in [-0.1, -0.05) is 55.3 Å². The fraction of sp³-hybridized carbons (Fsp3) is 0.370. The van der Waals surface area contributed by atoms with Gasteiger partial charge in [-0.25, -0.2) is 4.57 Å². The minimum atomic E-state index is -0.393. The van der Waals surface area contributed by atoms with Crippen molar-refractivity contribution in [2.45, 2.75) is 44.9 Å². The third-order valence-corrected chi connectivity index (χ3v) is 6.99. The smallest absolute Gasteiger partial charge is 0.201 e. The van der Waals surface area contributed by atoms with E-state index in [0.717, 1.165) is 12.3 Å². The number of nitrogens with zero attached hydrogens (tertiary/aromatic N) is 1. The van der Waals surface area contributed by atoms with Gasteiger partial charge in [0.15, 0.2) is 6.20 Å². The van der Waals surface area contributed by atoms with Gasteiger partial charge in [0.25, 0.3) is 0 Å². The summed E-state index contributed by atoms with van der Waals surface area (Å²) < 4.78 is 11.5. The van der Waals surface area contributed by atoms with Crippen molar-refractivity contribution in [2.75, 3.05) is 0 Å². The Balaban J connectivity index is 1.55. The Bertz CT molecular complexity index is 1050. The maximum absolute atomic E-state index is 9.34. The molecule has 6 rings (SSSR count). The summed E-state index contributed by atoms with van der Waals surface area (Å²) in [5.74, 6) is 0.888. The van der Waals surface area contributed by atoms with Gasteiger partial charge in [0.2, 0.25) is 5.69 Å². The average molecular weight is 370 g/mol. The summed E-state index contributed by atoms with van der Waals surface area (Å²) in [4.78, 5) is 0. The lowest BCUT2D eigenvalue weighted by Crippen LogP contribution is -2.30. The highest BCUT2D eigenvalue weighted by Gasteiger charge is 2.36. The summed E-state index contributed by atoms with van der Waals surface area (Å²) in [5, 5.41) is 0. The summed E-state index contributed by atoms with van der Waals surface area (Å²) in [6.07, 6.45) is 8.33. The molecule has 3 aromatic rings. The van der Waals surface area contributed by atoms with Gasteiger partial charge in [0, 0.05) is 19.1 Å². The van der Waals surface area contributed by atoms with Gasteiger partial charge in [0.1, 0.15) is 7.05 Å². The molecule has 0 N–H and O–H groups in total. The predicted octanol–water partition coefficient (Wildman–Crippen LogP) is 6.45. The molecule has 3 aliphatic rings. The second-order valence-electron chi connectivity index (χ2n) is 8.75. The van der Waals surface area contributed by atoms with Crippen LogP contribution in [0.3, 0.4) is 0 Å². The van der Waals surface area contributed by atoms with Gasteiger partial charge >= 0.3 is 0 Å². The van der Waals surface area contributed by atoms with Crippen LogP contribution in [-0.2, 0) is 7.05 Å². The Labute approximate surface area is 170 Å². The van der Waals surface area contributed by atoms with Gasteiger partial charge in [-0.05, 0) is 72.2 Å². The van der Waals surface area contributed by atoms with Crippen LogP contribution in [0.2, 0.25) is 0 Å². The van der Waals surface area contributed by atoms with E-state index in [1.807, 2.05) is 0 Å². The molecule has 0 aliphatic heterocycles. The number of aromatic nitrogens is 1. The van der Waals surface area contributed by atoms with Crippen LogP contribution in [-0.4, -0.2) is 0 Å². The first-order valence-corrected chi connectivity index (χ1v) is 10.7. The van der Waals surface area contributed by atoms with Crippen LogP contribution in [0.15, 0.2) is 66.9 Å². The number of rotatable bonds is 3. The van der Waals surface area contributed by atoms with E-state index in [0.29, 0.717) is 5.92 Å². The molecule has 2 aromatic carbocycles. The fourth-order valence-corrected chi connectivity index (χ4v) is 5.32. The molecule has 142 valence electrons. The molecule has 0 saturated heterocycles. The zero-order valence-corrected chi connectivity index (χ0v) is 17.0. The maximum atomic E-state index is 9.34. The Morgan fingerprint density at radius 2 is 1.68 bits per heavy atom. The third-order valence-electron chi connectivity index (χ3n) is 6.99. The van der Waals surface area contributed by atoms with E-state index < -0.39 is 5.89 Å². The van der Waals surface area contributed by atoms with Crippen molar-refractivity contribution in [2.24, 2.45) is 18.9 Å². The van der Waals surface area contributed by atoms with Crippen LogP contribution in [0.25, 0.3) is 22.4 Å². The molecule has 1 aromatic heterocycles. The zero-order valence-electron chi connectivity index (χ0n) is 18.0. The third kappa shape index (κ3) is 3.17. The van der Waals surface area contributed by atoms with Crippen molar-refractivity contribution in [3.05, 3.63) is 78.0 Å². The van der Waals surface area contributed by atoms with E-state index in [9.17, 15) is 1.37 Å². The number of hydrogen-bond donors (Lipinski definition) is 0. The number of hydrogen-bond acceptors (Lipinski definition) is 0. The molecule has 3 saturated carbocycles. The maximum Gasteiger partial charge on any atom is 0.213 e. The lowest BCUT2D eigenvalue weighted by Gasteiger charge is -2.42. The van der Waals surface area contributed by atoms with Crippen molar-refractivity contribution in [1.82, 2.24) is 0 Å². The van der Waals surface area contributed by atoms with Crippen LogP contribution in [0.4, 0.5) is 0 Å². The van der Waals surface area contributed by atoms with Gasteiger partial charge in [0.05, 0.1) is 0 Å². The van der Waals surface area contributed by atoms with Gasteiger partial charge in [-0.15, -0.1) is 0 Å². The van der Waals surface area contributed by atoms with Crippen LogP contribution in [0.1, 0.15) is 50.5 Å². The van der Waals surface area contributed by atoms with E-state index in [1.165, 1.54) is 59.2 Å². The number of aryl methyl sites for hydroxylation is 2. The Morgan fingerprint density at radius 3 is 2.43 bits per heavy atom. The average Bonchev–Trinajstić information content (AvgIpc) is 2.75. The molecule has 0 spiro atoms. The minimum absolute atomic E-state index is 0.393. The molecule has 0 amide bonds. The summed E-state index contributed by atoms with van der Waals surface area (Å²) in [5.41, 5.74) is 7.46. The summed E-state index contributed by atoms with van der Waals surface area (Å²) >= 11 is 0. The van der Waals surface area contributed by atoms with Crippen LogP contribution >= 0.6 is 0 Å². The molecule has 1 unspecified atom stereocenters. The fourth-order valence-electron chi connectivity index (χ4n) is 5.32. The zero-order chi connectivity index (χ0) is 20.0. The van der Waals surface area contributed by atoms with Crippen molar-refractivity contribution < 1.29 is 5.94 Å². The molecular weight excluding hydrogens is 338 g/mol. The highest BCUT2D eigenvalue weighted by Crippen LogP contribution is 2.49. The highest BCUT2D eigenvalue weighted by molar-refractivity contribution is 5.70. The number of benzene rings is 2. The first kappa shape index (κ1) is 16.5. The molecular formula is C27H30N+. The van der Waals surface area contributed by atoms with E-state index in [1.54, 1.807) is 0 Å². The van der Waals surface area contributed by atoms with Gasteiger partial charge in [-0.3, -0.25) is 0 Å². The van der Waals surface area contributed by atoms with E-state index in [4.69, 9.17) is 0 Å². The first-order valence-electron chi connectivity index (χ1n) is 11.2. The monoisotopic (exact) mass is 369 g/mol. The standard InChI is InChI=1S/C27H30N/c1-19-6-3-4-9-25(19)27-18-23(14-15-28(27)2)22-7-5-8-24(17-22)26-16-20-10-12-21(26)13-11-20/h3-9,14-15,17-18,20-21,26H,10-13,16H2,1-2H3/q+1/i26D. The number of fused-ring (bicyclic) bond motifs is 3. The highest BCUT2D eigenvalue weighted by atomic mass is 14.9. The Hall–Kier alpha value is -2.41. The van der Waals surface area contributed by atoms with E-state index >= 15 is 0 Å². The second-order valence-corrected chi connectivity index (χ2v) is 8.75. The second kappa shape index (κ2) is 7.20. The van der Waals surface area contributed by atoms with Crippen LogP contribution < -0.4 is 4.57 Å². The lowest BCUT2D eigenvalue weighted by atomic mass is 9.63. The van der Waals surface area contributed by atoms with Gasteiger partial charge in [-0.2, -0.15) is 0 Å². The Morgan fingerprint density at radius 1 is 0.893 bits per heavy atom. The predicted molar refractivity (Wildman–Crippen MR) is 116 cm³/mol. The number of pyridine rings is 1. The van der Waals surface area contributed by atoms with E-state index in [-0.39, 0.29) is 0 Å². The van der Waals surface area contributed by atoms with Crippen LogP contribution in [0, 0.1) is 18.8 Å². The quantitative estimate of drug-likeness (QED) is 0.467. The summed E-state index contributed by atoms with van der Waals surface area (Å²) in [6, 6.07) is 21.9. The molecule has 0 radical (unpaired) electrons. The Kier molecular flexibility index (Phi) is 4.25. The first-order chi connectivity index (χ1) is 14.0. The van der Waals surface area contributed by atoms with Crippen molar-refractivity contribution in [3.63, 3.8) is 0 Å². The molecule has 2 bridgehead atoms. The van der Waals surface area contributed by atoms with Crippen molar-refractivity contribution in [3.8, 4) is 22.4 Å². The van der Waals surface area contributed by atoms with E-state index in [2.05, 4.69) is 85.4 Å². The molecule has 1 nitrogen and oxygen atoms in total. The lowest BCUT2D eigenvalue weighted by molar-refractivity contribution is -0.660. The summed E-state index contributed by atoms with van der Waals surface area (Å²) in [7, 11) is 2.11. The van der Waals surface area contributed by atoms with Crippen LogP contribution in [0.5, 0.6) is 0 Å². The topological polar surface area (TPSA) is 3.88 Å². The SMILES string of the molecule is [2H]C1(c2cccc(-c3cc[n+](C)c(-c4ccccc4C)c3)c2)CC2CCC1CC2. The minimum Gasteiger partial charge on any atom is -0.201 e.